The number of rotatable bonds is 7. The van der Waals surface area contributed by atoms with Gasteiger partial charge >= 0.3 is 6.03 Å². The summed E-state index contributed by atoms with van der Waals surface area (Å²) in [4.78, 5) is 35.4. The Kier molecular flexibility index (Phi) is 7.52. The number of anilines is 3. The zero-order valence-electron chi connectivity index (χ0n) is 23.4. The van der Waals surface area contributed by atoms with Gasteiger partial charge in [0.05, 0.1) is 17.1 Å². The predicted octanol–water partition coefficient (Wildman–Crippen LogP) is 6.17. The molecule has 0 aliphatic rings. The van der Waals surface area contributed by atoms with Crippen LogP contribution in [-0.4, -0.2) is 37.4 Å². The van der Waals surface area contributed by atoms with Crippen LogP contribution in [0.5, 0.6) is 0 Å². The molecule has 0 unspecified atom stereocenters. The average Bonchev–Trinajstić information content (AvgIpc) is 3.38. The quantitative estimate of drug-likeness (QED) is 0.221. The average molecular weight is 555 g/mol. The lowest BCUT2D eigenvalue weighted by Gasteiger charge is -2.16. The first kappa shape index (κ1) is 27.5. The number of halogens is 1. The highest BCUT2D eigenvalue weighted by atomic mass is 19.1. The first-order valence-electron chi connectivity index (χ1n) is 13.3. The van der Waals surface area contributed by atoms with Crippen molar-refractivity contribution in [3.8, 4) is 16.8 Å². The summed E-state index contributed by atoms with van der Waals surface area (Å²) in [5, 5.41) is 13.5. The number of hydrogen-bond donors (Lipinski definition) is 3. The number of amides is 2. The van der Waals surface area contributed by atoms with Crippen LogP contribution < -0.4 is 21.5 Å². The molecule has 2 amide bonds. The van der Waals surface area contributed by atoms with Gasteiger partial charge < -0.3 is 10.6 Å². The molecule has 0 spiro atoms. The summed E-state index contributed by atoms with van der Waals surface area (Å²) in [6, 6.07) is 16.2. The minimum absolute atomic E-state index is 0.0766. The molecular formula is C30H31FN8O2. The van der Waals surface area contributed by atoms with Gasteiger partial charge in [-0.2, -0.15) is 10.1 Å². The minimum Gasteiger partial charge on any atom is -0.357 e. The van der Waals surface area contributed by atoms with E-state index in [4.69, 9.17) is 0 Å². The number of fused-ring (bicyclic) bond motifs is 1. The summed E-state index contributed by atoms with van der Waals surface area (Å²) in [7, 11) is 1.70. The third-order valence-corrected chi connectivity index (χ3v) is 6.60. The fourth-order valence-corrected chi connectivity index (χ4v) is 4.52. The molecule has 2 aromatic carbocycles. The van der Waals surface area contributed by atoms with Crippen LogP contribution in [0.1, 0.15) is 45.3 Å². The molecule has 0 atom stereocenters. The summed E-state index contributed by atoms with van der Waals surface area (Å²) < 4.78 is 18.1. The first-order chi connectivity index (χ1) is 19.7. The number of benzene rings is 2. The first-order valence-corrected chi connectivity index (χ1v) is 13.3. The third-order valence-electron chi connectivity index (χ3n) is 6.60. The van der Waals surface area contributed by atoms with Gasteiger partial charge in [0.1, 0.15) is 17.3 Å². The van der Waals surface area contributed by atoms with Crippen LogP contribution in [0.25, 0.3) is 27.8 Å². The number of nitrogens with zero attached hydrogens (tertiary/aromatic N) is 5. The van der Waals surface area contributed by atoms with Gasteiger partial charge in [-0.25, -0.2) is 18.9 Å². The largest absolute Gasteiger partial charge is 0.357 e. The van der Waals surface area contributed by atoms with Crippen molar-refractivity contribution in [3.63, 3.8) is 0 Å². The smallest absolute Gasteiger partial charge is 0.324 e. The Morgan fingerprint density at radius 3 is 2.41 bits per heavy atom. The molecule has 0 fully saturated rings. The highest BCUT2D eigenvalue weighted by molar-refractivity contribution is 6.00. The van der Waals surface area contributed by atoms with Crippen molar-refractivity contribution in [2.24, 2.45) is 0 Å². The monoisotopic (exact) mass is 554 g/mol. The maximum absolute atomic E-state index is 14.9. The standard InChI is InChI=1S/C30H31FN8O2/c1-17(2)24-15-26(39(37-24)21-9-7-6-8-10-21)35-30(41)34-25-14-19(11-12-23(25)31)22-13-20-16-33-29(32-5)36-27(20)38(18(3)4)28(22)40/h6-18H,1-5H3,(H,32,33,36)(H2,34,35,41). The van der Waals surface area contributed by atoms with Crippen molar-refractivity contribution in [2.75, 3.05) is 23.0 Å². The summed E-state index contributed by atoms with van der Waals surface area (Å²) in [6.07, 6.45) is 1.63. The molecule has 10 nitrogen and oxygen atoms in total. The van der Waals surface area contributed by atoms with Gasteiger partial charge in [0, 0.05) is 36.3 Å². The van der Waals surface area contributed by atoms with Crippen LogP contribution in [0.3, 0.4) is 0 Å². The molecule has 0 bridgehead atoms. The lowest BCUT2D eigenvalue weighted by Crippen LogP contribution is -2.25. The number of aromatic nitrogens is 5. The Hall–Kier alpha value is -5.06. The molecule has 0 saturated carbocycles. The maximum atomic E-state index is 14.9. The fourth-order valence-electron chi connectivity index (χ4n) is 4.52. The van der Waals surface area contributed by atoms with E-state index in [1.54, 1.807) is 34.6 Å². The molecule has 41 heavy (non-hydrogen) atoms. The molecule has 0 radical (unpaired) electrons. The molecule has 0 aliphatic heterocycles. The van der Waals surface area contributed by atoms with Crippen molar-refractivity contribution >= 4 is 34.5 Å². The summed E-state index contributed by atoms with van der Waals surface area (Å²) >= 11 is 0. The van der Waals surface area contributed by atoms with E-state index in [0.717, 1.165) is 11.4 Å². The van der Waals surface area contributed by atoms with E-state index in [1.807, 2.05) is 58.0 Å². The van der Waals surface area contributed by atoms with Crippen LogP contribution in [0.2, 0.25) is 0 Å². The zero-order chi connectivity index (χ0) is 29.3. The van der Waals surface area contributed by atoms with Crippen molar-refractivity contribution in [1.82, 2.24) is 24.3 Å². The molecule has 11 heteroatoms. The van der Waals surface area contributed by atoms with Crippen LogP contribution in [0, 0.1) is 5.82 Å². The van der Waals surface area contributed by atoms with Gasteiger partial charge in [0.25, 0.3) is 5.56 Å². The van der Waals surface area contributed by atoms with Gasteiger partial charge in [0.15, 0.2) is 0 Å². The van der Waals surface area contributed by atoms with E-state index in [1.165, 1.54) is 18.2 Å². The zero-order valence-corrected chi connectivity index (χ0v) is 23.4. The van der Waals surface area contributed by atoms with E-state index < -0.39 is 11.8 Å². The SMILES string of the molecule is CNc1ncc2cc(-c3ccc(F)c(NC(=O)Nc4cc(C(C)C)nn4-c4ccccc4)c3)c(=O)n(C(C)C)c2n1. The molecule has 5 aromatic rings. The number of carbonyl (C=O) groups is 1. The Morgan fingerprint density at radius 1 is 0.976 bits per heavy atom. The molecule has 210 valence electrons. The topological polar surface area (TPSA) is 119 Å². The highest BCUT2D eigenvalue weighted by Gasteiger charge is 2.19. The Bertz CT molecular complexity index is 1790. The third kappa shape index (κ3) is 5.51. The molecule has 3 aromatic heterocycles. The van der Waals surface area contributed by atoms with Crippen molar-refractivity contribution in [3.05, 3.63) is 88.7 Å². The summed E-state index contributed by atoms with van der Waals surface area (Å²) in [6.45, 7) is 7.79. The number of pyridine rings is 1. The number of carbonyl (C=O) groups excluding carboxylic acids is 1. The van der Waals surface area contributed by atoms with E-state index in [9.17, 15) is 14.0 Å². The van der Waals surface area contributed by atoms with Crippen molar-refractivity contribution in [1.29, 1.82) is 0 Å². The lowest BCUT2D eigenvalue weighted by atomic mass is 10.0. The Balaban J connectivity index is 1.49. The van der Waals surface area contributed by atoms with Gasteiger partial charge in [-0.1, -0.05) is 38.1 Å². The summed E-state index contributed by atoms with van der Waals surface area (Å²) in [5.74, 6) is 0.316. The van der Waals surface area contributed by atoms with E-state index in [-0.39, 0.29) is 23.2 Å². The second-order valence-electron chi connectivity index (χ2n) is 10.2. The lowest BCUT2D eigenvalue weighted by molar-refractivity contribution is 0.262. The number of urea groups is 1. The molecule has 0 saturated heterocycles. The van der Waals surface area contributed by atoms with Crippen LogP contribution in [0.4, 0.5) is 26.6 Å². The predicted molar refractivity (Wildman–Crippen MR) is 159 cm³/mol. The van der Waals surface area contributed by atoms with E-state index >= 15 is 0 Å². The fraction of sp³-hybridized carbons (Fsp3) is 0.233. The van der Waals surface area contributed by atoms with Crippen molar-refractivity contribution in [2.45, 2.75) is 39.7 Å². The number of hydrogen-bond acceptors (Lipinski definition) is 6. The highest BCUT2D eigenvalue weighted by Crippen LogP contribution is 2.27. The minimum atomic E-state index is -0.653. The van der Waals surface area contributed by atoms with Crippen LogP contribution >= 0.6 is 0 Å². The Labute approximate surface area is 236 Å². The van der Waals surface area contributed by atoms with Crippen LogP contribution in [-0.2, 0) is 0 Å². The van der Waals surface area contributed by atoms with Gasteiger partial charge in [-0.3, -0.25) is 14.7 Å². The second-order valence-corrected chi connectivity index (χ2v) is 10.2. The van der Waals surface area contributed by atoms with Crippen molar-refractivity contribution < 1.29 is 9.18 Å². The van der Waals surface area contributed by atoms with Crippen LogP contribution in [0.15, 0.2) is 71.7 Å². The van der Waals surface area contributed by atoms with E-state index in [0.29, 0.717) is 33.9 Å². The van der Waals surface area contributed by atoms with Gasteiger partial charge in [-0.05, 0) is 55.7 Å². The molecule has 5 rings (SSSR count). The Morgan fingerprint density at radius 2 is 1.73 bits per heavy atom. The molecular weight excluding hydrogens is 523 g/mol. The maximum Gasteiger partial charge on any atom is 0.324 e. The van der Waals surface area contributed by atoms with Gasteiger partial charge in [0.2, 0.25) is 5.95 Å². The molecule has 3 heterocycles. The molecule has 0 aliphatic carbocycles. The number of nitrogens with one attached hydrogen (secondary N) is 3. The normalized spacial score (nSPS) is 11.3. The van der Waals surface area contributed by atoms with Gasteiger partial charge in [-0.15, -0.1) is 0 Å². The van der Waals surface area contributed by atoms with E-state index in [2.05, 4.69) is 31.0 Å². The summed E-state index contributed by atoms with van der Waals surface area (Å²) in [5.41, 5.74) is 2.46. The number of para-hydroxylation sites is 1. The second kappa shape index (κ2) is 11.2. The molecule has 3 N–H and O–H groups in total.